The second-order valence-electron chi connectivity index (χ2n) is 5.13. The van der Waals surface area contributed by atoms with Gasteiger partial charge in [0.2, 0.25) is 0 Å². The van der Waals surface area contributed by atoms with Crippen molar-refractivity contribution in [2.75, 3.05) is 6.54 Å². The molecule has 5 heteroatoms. The highest BCUT2D eigenvalue weighted by Gasteiger charge is 2.32. The standard InChI is InChI=1S/C11H23BN2O2/c1-10(14-16)8-11(9-13-12(2)15)6-4-3-5-7-11/h13,15-16H,3-9H2,1-2H3/b14-10-. The Morgan fingerprint density at radius 1 is 1.38 bits per heavy atom. The van der Waals surface area contributed by atoms with Crippen molar-refractivity contribution in [2.45, 2.75) is 52.3 Å². The van der Waals surface area contributed by atoms with Crippen LogP contribution in [-0.4, -0.2) is 29.5 Å². The Bertz CT molecular complexity index is 238. The molecule has 0 saturated heterocycles. The molecule has 0 aromatic heterocycles. The maximum atomic E-state index is 9.30. The van der Waals surface area contributed by atoms with Gasteiger partial charge in [-0.2, -0.15) is 0 Å². The van der Waals surface area contributed by atoms with Crippen LogP contribution in [0, 0.1) is 5.41 Å². The van der Waals surface area contributed by atoms with Gasteiger partial charge in [0.25, 0.3) is 0 Å². The molecule has 0 bridgehead atoms. The Labute approximate surface area is 98.3 Å². The highest BCUT2D eigenvalue weighted by molar-refractivity contribution is 6.45. The van der Waals surface area contributed by atoms with Crippen molar-refractivity contribution < 1.29 is 10.2 Å². The van der Waals surface area contributed by atoms with Crippen LogP contribution in [0.5, 0.6) is 0 Å². The van der Waals surface area contributed by atoms with Crippen LogP contribution in [0.2, 0.25) is 6.82 Å². The average Bonchev–Trinajstić information content (AvgIpc) is 2.28. The molecule has 0 unspecified atom stereocenters. The molecule has 4 nitrogen and oxygen atoms in total. The summed E-state index contributed by atoms with van der Waals surface area (Å²) in [5.74, 6) is 0. The predicted molar refractivity (Wildman–Crippen MR) is 66.9 cm³/mol. The lowest BCUT2D eigenvalue weighted by atomic mass is 9.69. The number of nitrogens with one attached hydrogen (secondary N) is 1. The molecular formula is C11H23BN2O2. The number of hydrogen-bond acceptors (Lipinski definition) is 4. The summed E-state index contributed by atoms with van der Waals surface area (Å²) in [7, 11) is -0.467. The third-order valence-corrected chi connectivity index (χ3v) is 3.49. The molecule has 0 heterocycles. The second kappa shape index (κ2) is 6.25. The monoisotopic (exact) mass is 226 g/mol. The topological polar surface area (TPSA) is 64.8 Å². The van der Waals surface area contributed by atoms with Gasteiger partial charge in [-0.15, -0.1) is 0 Å². The Hall–Kier alpha value is -0.545. The van der Waals surface area contributed by atoms with E-state index < -0.39 is 7.05 Å². The van der Waals surface area contributed by atoms with E-state index in [1.165, 1.54) is 19.3 Å². The minimum atomic E-state index is -0.467. The molecule has 0 radical (unpaired) electrons. The maximum absolute atomic E-state index is 9.30. The number of hydrogen-bond donors (Lipinski definition) is 3. The molecule has 1 fully saturated rings. The van der Waals surface area contributed by atoms with Crippen LogP contribution >= 0.6 is 0 Å². The molecule has 1 aliphatic rings. The summed E-state index contributed by atoms with van der Waals surface area (Å²) in [5, 5.41) is 24.5. The number of rotatable bonds is 5. The number of nitrogens with zero attached hydrogens (tertiary/aromatic N) is 1. The normalized spacial score (nSPS) is 20.8. The van der Waals surface area contributed by atoms with E-state index in [1.807, 2.05) is 6.92 Å². The van der Waals surface area contributed by atoms with Crippen molar-refractivity contribution >= 4 is 12.8 Å². The van der Waals surface area contributed by atoms with E-state index in [0.717, 1.165) is 31.5 Å². The fourth-order valence-corrected chi connectivity index (χ4v) is 2.66. The molecule has 0 aromatic carbocycles. The Morgan fingerprint density at radius 3 is 2.50 bits per heavy atom. The van der Waals surface area contributed by atoms with Gasteiger partial charge < -0.3 is 15.5 Å². The molecule has 0 aromatic rings. The zero-order valence-electron chi connectivity index (χ0n) is 10.4. The molecule has 0 amide bonds. The zero-order chi connectivity index (χ0) is 12.0. The summed E-state index contributed by atoms with van der Waals surface area (Å²) in [6, 6.07) is 0. The maximum Gasteiger partial charge on any atom is 0.373 e. The van der Waals surface area contributed by atoms with Gasteiger partial charge in [-0.25, -0.2) is 0 Å². The van der Waals surface area contributed by atoms with Crippen LogP contribution in [0.1, 0.15) is 45.4 Å². The largest absolute Gasteiger partial charge is 0.437 e. The van der Waals surface area contributed by atoms with E-state index >= 15 is 0 Å². The molecule has 16 heavy (non-hydrogen) atoms. The third kappa shape index (κ3) is 4.14. The Morgan fingerprint density at radius 2 is 2.00 bits per heavy atom. The lowest BCUT2D eigenvalue weighted by Crippen LogP contribution is -2.43. The summed E-state index contributed by atoms with van der Waals surface area (Å²) >= 11 is 0. The fourth-order valence-electron chi connectivity index (χ4n) is 2.66. The molecule has 0 spiro atoms. The second-order valence-corrected chi connectivity index (χ2v) is 5.13. The summed E-state index contributed by atoms with van der Waals surface area (Å²) in [6.45, 7) is 4.40. The van der Waals surface area contributed by atoms with E-state index in [9.17, 15) is 5.02 Å². The first-order valence-electron chi connectivity index (χ1n) is 6.17. The summed E-state index contributed by atoms with van der Waals surface area (Å²) in [6.07, 6.45) is 6.90. The zero-order valence-corrected chi connectivity index (χ0v) is 10.4. The quantitative estimate of drug-likeness (QED) is 0.290. The smallest absolute Gasteiger partial charge is 0.373 e. The van der Waals surface area contributed by atoms with Crippen molar-refractivity contribution in [3.63, 3.8) is 0 Å². The van der Waals surface area contributed by atoms with Crippen molar-refractivity contribution in [3.8, 4) is 0 Å². The van der Waals surface area contributed by atoms with Crippen LogP contribution in [-0.2, 0) is 0 Å². The molecular weight excluding hydrogens is 203 g/mol. The van der Waals surface area contributed by atoms with Crippen LogP contribution < -0.4 is 5.23 Å². The van der Waals surface area contributed by atoms with Gasteiger partial charge in [0.15, 0.2) is 0 Å². The molecule has 0 atom stereocenters. The molecule has 92 valence electrons. The molecule has 0 aliphatic heterocycles. The Kier molecular flexibility index (Phi) is 5.28. The summed E-state index contributed by atoms with van der Waals surface area (Å²) in [4.78, 5) is 0. The van der Waals surface area contributed by atoms with Crippen LogP contribution in [0.3, 0.4) is 0 Å². The van der Waals surface area contributed by atoms with E-state index in [2.05, 4.69) is 10.4 Å². The summed E-state index contributed by atoms with van der Waals surface area (Å²) < 4.78 is 0. The highest BCUT2D eigenvalue weighted by Crippen LogP contribution is 2.39. The van der Waals surface area contributed by atoms with Gasteiger partial charge in [0, 0.05) is 0 Å². The van der Waals surface area contributed by atoms with Gasteiger partial charge in [-0.3, -0.25) is 0 Å². The minimum Gasteiger partial charge on any atom is -0.437 e. The first-order chi connectivity index (χ1) is 7.58. The van der Waals surface area contributed by atoms with Crippen LogP contribution in [0.4, 0.5) is 0 Å². The molecule has 1 aliphatic carbocycles. The SMILES string of the molecule is CB(O)NCC1(C/C(C)=N\O)CCCCC1. The van der Waals surface area contributed by atoms with E-state index in [0.29, 0.717) is 0 Å². The van der Waals surface area contributed by atoms with Crippen molar-refractivity contribution in [1.29, 1.82) is 0 Å². The summed E-state index contributed by atoms with van der Waals surface area (Å²) in [5.41, 5.74) is 0.959. The van der Waals surface area contributed by atoms with E-state index in [-0.39, 0.29) is 5.41 Å². The molecule has 1 saturated carbocycles. The van der Waals surface area contributed by atoms with Gasteiger partial charge >= 0.3 is 7.05 Å². The van der Waals surface area contributed by atoms with E-state index in [4.69, 9.17) is 5.21 Å². The molecule has 1 rings (SSSR count). The van der Waals surface area contributed by atoms with Crippen LogP contribution in [0.25, 0.3) is 0 Å². The van der Waals surface area contributed by atoms with Crippen LogP contribution in [0.15, 0.2) is 5.16 Å². The Balaban J connectivity index is 2.59. The van der Waals surface area contributed by atoms with Crippen molar-refractivity contribution in [1.82, 2.24) is 5.23 Å². The van der Waals surface area contributed by atoms with Gasteiger partial charge in [0.1, 0.15) is 0 Å². The highest BCUT2D eigenvalue weighted by atomic mass is 16.4. The van der Waals surface area contributed by atoms with E-state index in [1.54, 1.807) is 6.82 Å². The van der Waals surface area contributed by atoms with Crippen molar-refractivity contribution in [3.05, 3.63) is 0 Å². The number of oxime groups is 1. The lowest BCUT2D eigenvalue weighted by molar-refractivity contribution is 0.196. The average molecular weight is 226 g/mol. The van der Waals surface area contributed by atoms with Gasteiger partial charge in [-0.1, -0.05) is 24.4 Å². The first kappa shape index (κ1) is 13.5. The predicted octanol–water partition coefficient (Wildman–Crippen LogP) is 1.88. The lowest BCUT2D eigenvalue weighted by Gasteiger charge is -2.37. The fraction of sp³-hybridized carbons (Fsp3) is 0.909. The first-order valence-corrected chi connectivity index (χ1v) is 6.17. The van der Waals surface area contributed by atoms with Gasteiger partial charge in [-0.05, 0) is 45.0 Å². The van der Waals surface area contributed by atoms with Crippen molar-refractivity contribution in [2.24, 2.45) is 10.6 Å². The minimum absolute atomic E-state index is 0.172. The third-order valence-electron chi connectivity index (χ3n) is 3.49. The molecule has 3 N–H and O–H groups in total. The van der Waals surface area contributed by atoms with Gasteiger partial charge in [0.05, 0.1) is 5.71 Å².